The van der Waals surface area contributed by atoms with E-state index in [0.29, 0.717) is 6.54 Å². The Balaban J connectivity index is 1.94. The predicted molar refractivity (Wildman–Crippen MR) is 76.0 cm³/mol. The fraction of sp³-hybridized carbons (Fsp3) is 0.375. The molecule has 0 amide bonds. The zero-order valence-corrected chi connectivity index (χ0v) is 11.7. The van der Waals surface area contributed by atoms with E-state index in [0.717, 1.165) is 22.5 Å². The second kappa shape index (κ2) is 6.04. The van der Waals surface area contributed by atoms with Gasteiger partial charge in [-0.2, -0.15) is 0 Å². The number of hydrogen-bond acceptors (Lipinski definition) is 3. The van der Waals surface area contributed by atoms with Crippen molar-refractivity contribution in [3.8, 4) is 0 Å². The van der Waals surface area contributed by atoms with Gasteiger partial charge in [0.1, 0.15) is 5.76 Å². The van der Waals surface area contributed by atoms with Crippen LogP contribution in [-0.4, -0.2) is 11.7 Å². The minimum Gasteiger partial charge on any atom is -0.467 e. The van der Waals surface area contributed by atoms with Crippen molar-refractivity contribution in [2.45, 2.75) is 32.9 Å². The van der Waals surface area contributed by atoms with Crippen molar-refractivity contribution >= 4 is 0 Å². The second-order valence-corrected chi connectivity index (χ2v) is 5.03. The molecule has 0 spiro atoms. The molecule has 0 aliphatic carbocycles. The van der Waals surface area contributed by atoms with E-state index in [9.17, 15) is 5.11 Å². The van der Waals surface area contributed by atoms with E-state index in [2.05, 4.69) is 5.32 Å². The lowest BCUT2D eigenvalue weighted by Gasteiger charge is -2.17. The largest absolute Gasteiger partial charge is 0.467 e. The van der Waals surface area contributed by atoms with Gasteiger partial charge < -0.3 is 14.8 Å². The van der Waals surface area contributed by atoms with Gasteiger partial charge in [-0.25, -0.2) is 0 Å². The summed E-state index contributed by atoms with van der Waals surface area (Å²) in [6, 6.07) is 9.99. The Kier molecular flexibility index (Phi) is 4.40. The average molecular weight is 259 g/mol. The summed E-state index contributed by atoms with van der Waals surface area (Å²) in [5, 5.41) is 13.5. The molecule has 0 aliphatic rings. The van der Waals surface area contributed by atoms with Gasteiger partial charge in [0.25, 0.3) is 0 Å². The summed E-state index contributed by atoms with van der Waals surface area (Å²) in [5.41, 5.74) is 3.23. The molecule has 3 heteroatoms. The molecule has 1 heterocycles. The Morgan fingerprint density at radius 2 is 2.05 bits per heavy atom. The molecule has 2 aromatic rings. The van der Waals surface area contributed by atoms with Crippen LogP contribution in [0.2, 0.25) is 0 Å². The summed E-state index contributed by atoms with van der Waals surface area (Å²) in [6.45, 7) is 6.59. The van der Waals surface area contributed by atoms with Crippen molar-refractivity contribution in [2.24, 2.45) is 0 Å². The number of rotatable bonds is 5. The maximum absolute atomic E-state index is 10.2. The Hall–Kier alpha value is -1.58. The van der Waals surface area contributed by atoms with Crippen LogP contribution in [0, 0.1) is 13.8 Å². The van der Waals surface area contributed by atoms with Crippen LogP contribution in [0.5, 0.6) is 0 Å². The zero-order valence-electron chi connectivity index (χ0n) is 11.7. The molecule has 0 fully saturated rings. The molecule has 3 nitrogen and oxygen atoms in total. The first-order valence-corrected chi connectivity index (χ1v) is 6.60. The lowest BCUT2D eigenvalue weighted by molar-refractivity contribution is 0.169. The third-order valence-corrected chi connectivity index (χ3v) is 3.34. The van der Waals surface area contributed by atoms with Crippen LogP contribution in [-0.2, 0) is 0 Å². The summed E-state index contributed by atoms with van der Waals surface area (Å²) in [4.78, 5) is 0. The van der Waals surface area contributed by atoms with Crippen LogP contribution in [0.1, 0.15) is 41.5 Å². The average Bonchev–Trinajstić information content (AvgIpc) is 2.82. The molecular formula is C16H21NO2. The third-order valence-electron chi connectivity index (χ3n) is 3.34. The lowest BCUT2D eigenvalue weighted by atomic mass is 10.1. The van der Waals surface area contributed by atoms with Gasteiger partial charge >= 0.3 is 0 Å². The van der Waals surface area contributed by atoms with E-state index >= 15 is 0 Å². The topological polar surface area (TPSA) is 45.4 Å². The van der Waals surface area contributed by atoms with Crippen LogP contribution >= 0.6 is 0 Å². The highest BCUT2D eigenvalue weighted by Gasteiger charge is 2.14. The SMILES string of the molecule is Cc1cccc(C(O)CNC(C)c2occc2C)c1. The van der Waals surface area contributed by atoms with Gasteiger partial charge in [-0.1, -0.05) is 29.8 Å². The van der Waals surface area contributed by atoms with Crippen molar-refractivity contribution in [1.82, 2.24) is 5.32 Å². The Morgan fingerprint density at radius 1 is 1.26 bits per heavy atom. The molecule has 0 saturated heterocycles. The fourth-order valence-corrected chi connectivity index (χ4v) is 2.20. The summed E-state index contributed by atoms with van der Waals surface area (Å²) in [5.74, 6) is 0.927. The minimum absolute atomic E-state index is 0.0921. The quantitative estimate of drug-likeness (QED) is 0.866. The molecule has 0 aliphatic heterocycles. The molecule has 0 saturated carbocycles. The molecule has 102 valence electrons. The molecule has 0 radical (unpaired) electrons. The summed E-state index contributed by atoms with van der Waals surface area (Å²) in [7, 11) is 0. The number of benzene rings is 1. The van der Waals surface area contributed by atoms with Gasteiger partial charge in [-0.05, 0) is 38.0 Å². The highest BCUT2D eigenvalue weighted by Crippen LogP contribution is 2.19. The van der Waals surface area contributed by atoms with Gasteiger partial charge in [0.2, 0.25) is 0 Å². The molecule has 0 bridgehead atoms. The van der Waals surface area contributed by atoms with Crippen LogP contribution < -0.4 is 5.32 Å². The highest BCUT2D eigenvalue weighted by molar-refractivity contribution is 5.24. The normalized spacial score (nSPS) is 14.3. The first-order valence-electron chi connectivity index (χ1n) is 6.60. The first kappa shape index (κ1) is 13.8. The van der Waals surface area contributed by atoms with Crippen LogP contribution in [0.3, 0.4) is 0 Å². The number of furan rings is 1. The summed E-state index contributed by atoms with van der Waals surface area (Å²) < 4.78 is 5.44. The third kappa shape index (κ3) is 3.46. The number of aliphatic hydroxyl groups excluding tert-OH is 1. The number of aliphatic hydroxyl groups is 1. The Labute approximate surface area is 114 Å². The number of nitrogens with one attached hydrogen (secondary N) is 1. The van der Waals surface area contributed by atoms with E-state index in [1.807, 2.05) is 51.1 Å². The van der Waals surface area contributed by atoms with E-state index < -0.39 is 6.10 Å². The van der Waals surface area contributed by atoms with Crippen molar-refractivity contribution in [1.29, 1.82) is 0 Å². The molecule has 19 heavy (non-hydrogen) atoms. The van der Waals surface area contributed by atoms with Crippen molar-refractivity contribution in [3.05, 3.63) is 59.0 Å². The highest BCUT2D eigenvalue weighted by atomic mass is 16.3. The maximum Gasteiger partial charge on any atom is 0.123 e. The van der Waals surface area contributed by atoms with Crippen LogP contribution in [0.4, 0.5) is 0 Å². The van der Waals surface area contributed by atoms with E-state index in [1.54, 1.807) is 6.26 Å². The van der Waals surface area contributed by atoms with Crippen molar-refractivity contribution in [3.63, 3.8) is 0 Å². The molecule has 1 aromatic heterocycles. The second-order valence-electron chi connectivity index (χ2n) is 5.03. The van der Waals surface area contributed by atoms with Gasteiger partial charge in [-0.3, -0.25) is 0 Å². The fourth-order valence-electron chi connectivity index (χ4n) is 2.20. The minimum atomic E-state index is -0.502. The van der Waals surface area contributed by atoms with E-state index in [4.69, 9.17) is 4.42 Å². The monoisotopic (exact) mass is 259 g/mol. The Morgan fingerprint density at radius 3 is 2.68 bits per heavy atom. The van der Waals surface area contributed by atoms with Crippen LogP contribution in [0.25, 0.3) is 0 Å². The molecule has 2 rings (SSSR count). The smallest absolute Gasteiger partial charge is 0.123 e. The molecule has 2 N–H and O–H groups in total. The van der Waals surface area contributed by atoms with Gasteiger partial charge in [0.15, 0.2) is 0 Å². The van der Waals surface area contributed by atoms with Gasteiger partial charge in [-0.15, -0.1) is 0 Å². The molecule has 2 unspecified atom stereocenters. The van der Waals surface area contributed by atoms with Crippen molar-refractivity contribution in [2.75, 3.05) is 6.54 Å². The first-order chi connectivity index (χ1) is 9.08. The number of aryl methyl sites for hydroxylation is 2. The predicted octanol–water partition coefficient (Wildman–Crippen LogP) is 3.28. The maximum atomic E-state index is 10.2. The summed E-state index contributed by atoms with van der Waals surface area (Å²) in [6.07, 6.45) is 1.19. The lowest BCUT2D eigenvalue weighted by Crippen LogP contribution is -2.24. The summed E-state index contributed by atoms with van der Waals surface area (Å²) >= 11 is 0. The standard InChI is InChI=1S/C16H21NO2/c1-11-5-4-6-14(9-11)15(18)10-17-13(3)16-12(2)7-8-19-16/h4-9,13,15,17-18H,10H2,1-3H3. The van der Waals surface area contributed by atoms with Gasteiger partial charge in [0.05, 0.1) is 18.4 Å². The van der Waals surface area contributed by atoms with Gasteiger partial charge in [0, 0.05) is 6.54 Å². The number of hydrogen-bond donors (Lipinski definition) is 2. The van der Waals surface area contributed by atoms with Crippen LogP contribution in [0.15, 0.2) is 41.0 Å². The molecular weight excluding hydrogens is 238 g/mol. The Bertz CT molecular complexity index is 533. The zero-order chi connectivity index (χ0) is 13.8. The van der Waals surface area contributed by atoms with E-state index in [-0.39, 0.29) is 6.04 Å². The van der Waals surface area contributed by atoms with Crippen molar-refractivity contribution < 1.29 is 9.52 Å². The van der Waals surface area contributed by atoms with E-state index in [1.165, 1.54) is 0 Å². The molecule has 1 aromatic carbocycles. The molecule has 2 atom stereocenters.